The molecule has 114 valence electrons. The molecular formula is C14H19F3O3. The maximum Gasteiger partial charge on any atom is 0.411 e. The van der Waals surface area contributed by atoms with Crippen LogP contribution in [0.25, 0.3) is 0 Å². The lowest BCUT2D eigenvalue weighted by Gasteiger charge is -2.17. The molecule has 6 heteroatoms. The largest absolute Gasteiger partial charge is 0.491 e. The van der Waals surface area contributed by atoms with Crippen molar-refractivity contribution in [2.45, 2.75) is 32.0 Å². The number of halogens is 3. The Hall–Kier alpha value is -1.27. The van der Waals surface area contributed by atoms with Gasteiger partial charge in [0.2, 0.25) is 0 Å². The SMILES string of the molecule is CC(C)c1ccccc1OCC(O)COCC(F)(F)F. The van der Waals surface area contributed by atoms with Crippen LogP contribution in [0, 0.1) is 0 Å². The Bertz CT molecular complexity index is 405. The van der Waals surface area contributed by atoms with Gasteiger partial charge in [0.25, 0.3) is 0 Å². The van der Waals surface area contributed by atoms with Crippen molar-refractivity contribution >= 4 is 0 Å². The molecule has 0 spiro atoms. The molecule has 0 saturated carbocycles. The molecular weight excluding hydrogens is 273 g/mol. The van der Waals surface area contributed by atoms with Gasteiger partial charge in [0.1, 0.15) is 25.1 Å². The van der Waals surface area contributed by atoms with Crippen LogP contribution in [0.5, 0.6) is 5.75 Å². The van der Waals surface area contributed by atoms with Crippen molar-refractivity contribution in [3.63, 3.8) is 0 Å². The summed E-state index contributed by atoms with van der Waals surface area (Å²) in [5.74, 6) is 0.877. The quantitative estimate of drug-likeness (QED) is 0.839. The third-order valence-electron chi connectivity index (χ3n) is 2.55. The number of alkyl halides is 3. The molecule has 0 amide bonds. The van der Waals surface area contributed by atoms with E-state index in [2.05, 4.69) is 4.74 Å². The predicted octanol–water partition coefficient (Wildman–Crippen LogP) is 3.13. The van der Waals surface area contributed by atoms with Crippen LogP contribution in [0.15, 0.2) is 24.3 Å². The highest BCUT2D eigenvalue weighted by atomic mass is 19.4. The fraction of sp³-hybridized carbons (Fsp3) is 0.571. The minimum atomic E-state index is -4.38. The first-order valence-electron chi connectivity index (χ1n) is 6.34. The van der Waals surface area contributed by atoms with Crippen molar-refractivity contribution in [3.8, 4) is 5.75 Å². The smallest absolute Gasteiger partial charge is 0.411 e. The summed E-state index contributed by atoms with van der Waals surface area (Å²) in [6.45, 7) is 2.12. The Labute approximate surface area is 116 Å². The predicted molar refractivity (Wildman–Crippen MR) is 68.9 cm³/mol. The molecule has 1 aromatic carbocycles. The molecule has 1 unspecified atom stereocenters. The molecule has 0 fully saturated rings. The maximum absolute atomic E-state index is 11.9. The highest BCUT2D eigenvalue weighted by molar-refractivity contribution is 5.35. The van der Waals surface area contributed by atoms with Crippen LogP contribution in [0.4, 0.5) is 13.2 Å². The number of rotatable bonds is 7. The average Bonchev–Trinajstić information content (AvgIpc) is 2.35. The third kappa shape index (κ3) is 6.25. The molecule has 0 aromatic heterocycles. The van der Waals surface area contributed by atoms with Gasteiger partial charge in [0.15, 0.2) is 0 Å². The molecule has 0 heterocycles. The van der Waals surface area contributed by atoms with E-state index in [1.54, 1.807) is 12.1 Å². The van der Waals surface area contributed by atoms with Crippen LogP contribution in [0.2, 0.25) is 0 Å². The Morgan fingerprint density at radius 1 is 1.15 bits per heavy atom. The van der Waals surface area contributed by atoms with Crippen LogP contribution >= 0.6 is 0 Å². The van der Waals surface area contributed by atoms with Gasteiger partial charge in [0, 0.05) is 0 Å². The van der Waals surface area contributed by atoms with Crippen LogP contribution in [-0.4, -0.2) is 37.2 Å². The lowest BCUT2D eigenvalue weighted by atomic mass is 10.0. The second-order valence-corrected chi connectivity index (χ2v) is 4.79. The summed E-state index contributed by atoms with van der Waals surface area (Å²) in [5, 5.41) is 9.52. The van der Waals surface area contributed by atoms with E-state index in [9.17, 15) is 18.3 Å². The van der Waals surface area contributed by atoms with Crippen LogP contribution in [0.3, 0.4) is 0 Å². The van der Waals surface area contributed by atoms with Gasteiger partial charge in [0.05, 0.1) is 6.61 Å². The van der Waals surface area contributed by atoms with Crippen molar-refractivity contribution in [1.29, 1.82) is 0 Å². The van der Waals surface area contributed by atoms with Crippen molar-refractivity contribution in [1.82, 2.24) is 0 Å². The minimum absolute atomic E-state index is 0.110. The topological polar surface area (TPSA) is 38.7 Å². The zero-order valence-electron chi connectivity index (χ0n) is 11.5. The summed E-state index contributed by atoms with van der Waals surface area (Å²) in [7, 11) is 0. The van der Waals surface area contributed by atoms with Crippen LogP contribution in [-0.2, 0) is 4.74 Å². The third-order valence-corrected chi connectivity index (χ3v) is 2.55. The summed E-state index contributed by atoms with van der Waals surface area (Å²) in [6.07, 6.45) is -5.48. The van der Waals surface area contributed by atoms with Crippen molar-refractivity contribution in [3.05, 3.63) is 29.8 Å². The molecule has 1 rings (SSSR count). The molecule has 0 aliphatic carbocycles. The molecule has 1 aromatic rings. The molecule has 3 nitrogen and oxygen atoms in total. The number of aliphatic hydroxyl groups is 1. The van der Waals surface area contributed by atoms with Crippen molar-refractivity contribution < 1.29 is 27.8 Å². The second-order valence-electron chi connectivity index (χ2n) is 4.79. The molecule has 0 aliphatic heterocycles. The average molecular weight is 292 g/mol. The monoisotopic (exact) mass is 292 g/mol. The molecule has 1 atom stereocenters. The molecule has 0 bridgehead atoms. The lowest BCUT2D eigenvalue weighted by molar-refractivity contribution is -0.179. The summed E-state index contributed by atoms with van der Waals surface area (Å²) in [5.41, 5.74) is 0.982. The highest BCUT2D eigenvalue weighted by Gasteiger charge is 2.27. The van der Waals surface area contributed by atoms with E-state index in [-0.39, 0.29) is 12.5 Å². The van der Waals surface area contributed by atoms with E-state index in [4.69, 9.17) is 4.74 Å². The maximum atomic E-state index is 11.9. The van der Waals surface area contributed by atoms with E-state index in [0.717, 1.165) is 5.56 Å². The Balaban J connectivity index is 2.39. The Morgan fingerprint density at radius 2 is 1.80 bits per heavy atom. The van der Waals surface area contributed by atoms with Gasteiger partial charge in [-0.25, -0.2) is 0 Å². The summed E-state index contributed by atoms with van der Waals surface area (Å²) >= 11 is 0. The number of ether oxygens (including phenoxy) is 2. The van der Waals surface area contributed by atoms with Crippen molar-refractivity contribution in [2.24, 2.45) is 0 Å². The van der Waals surface area contributed by atoms with Crippen LogP contribution < -0.4 is 4.74 Å². The first-order chi connectivity index (χ1) is 9.29. The number of aliphatic hydroxyl groups excluding tert-OH is 1. The van der Waals surface area contributed by atoms with E-state index < -0.39 is 25.5 Å². The zero-order chi connectivity index (χ0) is 15.2. The standard InChI is InChI=1S/C14H19F3O3/c1-10(2)12-5-3-4-6-13(12)20-8-11(18)7-19-9-14(15,16)17/h3-6,10-11,18H,7-9H2,1-2H3. The first kappa shape index (κ1) is 16.8. The van der Waals surface area contributed by atoms with Crippen LogP contribution in [0.1, 0.15) is 25.3 Å². The zero-order valence-corrected chi connectivity index (χ0v) is 11.5. The molecule has 20 heavy (non-hydrogen) atoms. The number of benzene rings is 1. The van der Waals surface area contributed by atoms with Gasteiger partial charge >= 0.3 is 6.18 Å². The van der Waals surface area contributed by atoms with Crippen molar-refractivity contribution in [2.75, 3.05) is 19.8 Å². The fourth-order valence-corrected chi connectivity index (χ4v) is 1.63. The van der Waals surface area contributed by atoms with Gasteiger partial charge in [-0.2, -0.15) is 13.2 Å². The van der Waals surface area contributed by atoms with E-state index >= 15 is 0 Å². The van der Waals surface area contributed by atoms with Gasteiger partial charge in [-0.15, -0.1) is 0 Å². The first-order valence-corrected chi connectivity index (χ1v) is 6.34. The van der Waals surface area contributed by atoms with Gasteiger partial charge in [-0.3, -0.25) is 0 Å². The fourth-order valence-electron chi connectivity index (χ4n) is 1.63. The normalized spacial score (nSPS) is 13.6. The molecule has 1 N–H and O–H groups in total. The summed E-state index contributed by atoms with van der Waals surface area (Å²) < 4.78 is 45.4. The Kier molecular flexibility index (Phi) is 6.29. The number of hydrogen-bond donors (Lipinski definition) is 1. The van der Waals surface area contributed by atoms with E-state index in [0.29, 0.717) is 5.75 Å². The van der Waals surface area contributed by atoms with Gasteiger partial charge in [-0.1, -0.05) is 32.0 Å². The van der Waals surface area contributed by atoms with E-state index in [1.165, 1.54) is 0 Å². The minimum Gasteiger partial charge on any atom is -0.491 e. The van der Waals surface area contributed by atoms with E-state index in [1.807, 2.05) is 26.0 Å². The Morgan fingerprint density at radius 3 is 2.40 bits per heavy atom. The molecule has 0 saturated heterocycles. The molecule has 0 aliphatic rings. The highest BCUT2D eigenvalue weighted by Crippen LogP contribution is 2.25. The number of para-hydroxylation sites is 1. The van der Waals surface area contributed by atoms with Gasteiger partial charge < -0.3 is 14.6 Å². The molecule has 0 radical (unpaired) electrons. The van der Waals surface area contributed by atoms with Gasteiger partial charge in [-0.05, 0) is 17.5 Å². The summed E-state index contributed by atoms with van der Waals surface area (Å²) in [4.78, 5) is 0. The summed E-state index contributed by atoms with van der Waals surface area (Å²) in [6, 6.07) is 7.35. The second kappa shape index (κ2) is 7.50. The lowest BCUT2D eigenvalue weighted by Crippen LogP contribution is -2.27. The number of hydrogen-bond acceptors (Lipinski definition) is 3.